The van der Waals surface area contributed by atoms with E-state index in [4.69, 9.17) is 11.1 Å². The lowest BCUT2D eigenvalue weighted by Crippen LogP contribution is -2.43. The highest BCUT2D eigenvalue weighted by Crippen LogP contribution is 2.16. The fraction of sp³-hybridized carbons (Fsp3) is 0.211. The van der Waals surface area contributed by atoms with Crippen molar-refractivity contribution in [1.29, 1.82) is 5.41 Å². The fourth-order valence-electron chi connectivity index (χ4n) is 2.87. The number of nitrogens with zero attached hydrogens (tertiary/aromatic N) is 1. The van der Waals surface area contributed by atoms with Crippen molar-refractivity contribution in [2.75, 3.05) is 36.4 Å². The summed E-state index contributed by atoms with van der Waals surface area (Å²) in [6.07, 6.45) is 4.04. The van der Waals surface area contributed by atoms with Gasteiger partial charge in [-0.3, -0.25) is 9.59 Å². The normalized spacial score (nSPS) is 14.3. The van der Waals surface area contributed by atoms with E-state index in [-0.39, 0.29) is 17.3 Å². The highest BCUT2D eigenvalue weighted by molar-refractivity contribution is 6.08. The van der Waals surface area contributed by atoms with Gasteiger partial charge in [0.15, 0.2) is 0 Å². The van der Waals surface area contributed by atoms with Gasteiger partial charge in [-0.25, -0.2) is 0 Å². The van der Waals surface area contributed by atoms with Gasteiger partial charge in [-0.05, 0) is 42.6 Å². The van der Waals surface area contributed by atoms with Gasteiger partial charge in [-0.1, -0.05) is 0 Å². The Kier molecular flexibility index (Phi) is 5.68. The standard InChI is InChI=1S/C19H22N6O2/c20-6-5-16(21)14-11-17(19(27)23-12-14)24-18(26)13-1-3-15(4-2-13)25-9-7-22-8-10-25/h1-6,11-12,21-22H,7-10,20H2,(H,23,27)(H,24,26)/b6-5-,21-16?. The van der Waals surface area contributed by atoms with Crippen LogP contribution < -0.4 is 26.8 Å². The van der Waals surface area contributed by atoms with E-state index in [1.54, 1.807) is 12.1 Å². The molecule has 0 radical (unpaired) electrons. The maximum atomic E-state index is 12.5. The molecule has 1 aromatic carbocycles. The summed E-state index contributed by atoms with van der Waals surface area (Å²) in [5.74, 6) is -0.384. The molecule has 0 unspecified atom stereocenters. The van der Waals surface area contributed by atoms with Crippen molar-refractivity contribution in [2.24, 2.45) is 5.73 Å². The molecule has 2 heterocycles. The number of nitrogens with two attached hydrogens (primary N) is 1. The Bertz CT molecular complexity index is 911. The minimum absolute atomic E-state index is 0.0823. The van der Waals surface area contributed by atoms with Crippen LogP contribution in [0.1, 0.15) is 15.9 Å². The topological polar surface area (TPSA) is 127 Å². The molecule has 1 saturated heterocycles. The quantitative estimate of drug-likeness (QED) is 0.502. The molecular weight excluding hydrogens is 344 g/mol. The summed E-state index contributed by atoms with van der Waals surface area (Å²) in [6.45, 7) is 3.74. The Labute approximate surface area is 156 Å². The van der Waals surface area contributed by atoms with Crippen LogP contribution in [0.3, 0.4) is 0 Å². The molecule has 8 nitrogen and oxygen atoms in total. The van der Waals surface area contributed by atoms with Crippen LogP contribution in [0.5, 0.6) is 0 Å². The lowest BCUT2D eigenvalue weighted by atomic mass is 10.1. The van der Waals surface area contributed by atoms with E-state index in [0.717, 1.165) is 31.9 Å². The van der Waals surface area contributed by atoms with Crippen molar-refractivity contribution < 1.29 is 4.79 Å². The first-order chi connectivity index (χ1) is 13.1. The van der Waals surface area contributed by atoms with E-state index in [2.05, 4.69) is 20.5 Å². The molecule has 3 rings (SSSR count). The second-order valence-corrected chi connectivity index (χ2v) is 6.14. The number of aromatic amines is 1. The van der Waals surface area contributed by atoms with Crippen LogP contribution in [0.2, 0.25) is 0 Å². The number of H-pyrrole nitrogens is 1. The molecule has 0 bridgehead atoms. The molecule has 0 aliphatic carbocycles. The fourth-order valence-corrected chi connectivity index (χ4v) is 2.87. The number of carbonyl (C=O) groups is 1. The summed E-state index contributed by atoms with van der Waals surface area (Å²) in [7, 11) is 0. The lowest BCUT2D eigenvalue weighted by molar-refractivity contribution is 0.102. The van der Waals surface area contributed by atoms with E-state index in [9.17, 15) is 9.59 Å². The van der Waals surface area contributed by atoms with Gasteiger partial charge in [0, 0.05) is 49.2 Å². The van der Waals surface area contributed by atoms with Crippen molar-refractivity contribution in [3.8, 4) is 0 Å². The zero-order valence-corrected chi connectivity index (χ0v) is 14.8. The second kappa shape index (κ2) is 8.33. The minimum atomic E-state index is -0.436. The number of carbonyl (C=O) groups excluding carboxylic acids is 1. The van der Waals surface area contributed by atoms with E-state index in [0.29, 0.717) is 11.1 Å². The van der Waals surface area contributed by atoms with Gasteiger partial charge in [0.25, 0.3) is 11.5 Å². The summed E-state index contributed by atoms with van der Waals surface area (Å²) < 4.78 is 0. The van der Waals surface area contributed by atoms with Gasteiger partial charge in [0.2, 0.25) is 0 Å². The number of rotatable bonds is 5. The Morgan fingerprint density at radius 3 is 2.56 bits per heavy atom. The number of benzene rings is 1. The molecule has 1 aliphatic heterocycles. The molecule has 0 saturated carbocycles. The summed E-state index contributed by atoms with van der Waals surface area (Å²) in [4.78, 5) is 29.2. The second-order valence-electron chi connectivity index (χ2n) is 6.14. The summed E-state index contributed by atoms with van der Waals surface area (Å²) in [5.41, 5.74) is 7.03. The zero-order chi connectivity index (χ0) is 19.2. The zero-order valence-electron chi connectivity index (χ0n) is 14.8. The maximum absolute atomic E-state index is 12.5. The Hall–Kier alpha value is -3.39. The van der Waals surface area contributed by atoms with Crippen LogP contribution in [-0.2, 0) is 0 Å². The summed E-state index contributed by atoms with van der Waals surface area (Å²) in [6, 6.07) is 8.74. The number of piperazine rings is 1. The Morgan fingerprint density at radius 1 is 1.19 bits per heavy atom. The average Bonchev–Trinajstić information content (AvgIpc) is 2.70. The van der Waals surface area contributed by atoms with Crippen molar-refractivity contribution in [2.45, 2.75) is 0 Å². The number of pyridine rings is 1. The number of amides is 1. The number of hydrogen-bond acceptors (Lipinski definition) is 6. The van der Waals surface area contributed by atoms with Gasteiger partial charge in [0.05, 0.1) is 5.71 Å². The molecule has 1 amide bonds. The largest absolute Gasteiger partial charge is 0.405 e. The molecule has 1 aliphatic rings. The number of nitrogens with one attached hydrogen (secondary N) is 4. The smallest absolute Gasteiger partial charge is 0.271 e. The first-order valence-electron chi connectivity index (χ1n) is 8.65. The molecule has 2 aromatic rings. The maximum Gasteiger partial charge on any atom is 0.271 e. The highest BCUT2D eigenvalue weighted by atomic mass is 16.2. The minimum Gasteiger partial charge on any atom is -0.405 e. The first kappa shape index (κ1) is 18.4. The monoisotopic (exact) mass is 366 g/mol. The molecular formula is C19H22N6O2. The third-order valence-corrected chi connectivity index (χ3v) is 4.34. The Morgan fingerprint density at radius 2 is 1.89 bits per heavy atom. The number of hydrogen-bond donors (Lipinski definition) is 5. The summed E-state index contributed by atoms with van der Waals surface area (Å²) >= 11 is 0. The number of anilines is 2. The van der Waals surface area contributed by atoms with Crippen LogP contribution in [0, 0.1) is 5.41 Å². The van der Waals surface area contributed by atoms with Crippen molar-refractivity contribution in [1.82, 2.24) is 10.3 Å². The van der Waals surface area contributed by atoms with Gasteiger partial charge in [-0.15, -0.1) is 0 Å². The van der Waals surface area contributed by atoms with Crippen LogP contribution in [-0.4, -0.2) is 42.8 Å². The molecule has 8 heteroatoms. The van der Waals surface area contributed by atoms with Crippen LogP contribution in [0.15, 0.2) is 53.6 Å². The van der Waals surface area contributed by atoms with Gasteiger partial charge in [0.1, 0.15) is 5.69 Å². The van der Waals surface area contributed by atoms with Crippen LogP contribution in [0.25, 0.3) is 0 Å². The molecule has 1 fully saturated rings. The highest BCUT2D eigenvalue weighted by Gasteiger charge is 2.13. The molecule has 27 heavy (non-hydrogen) atoms. The predicted molar refractivity (Wildman–Crippen MR) is 107 cm³/mol. The van der Waals surface area contributed by atoms with E-state index < -0.39 is 5.56 Å². The van der Waals surface area contributed by atoms with Crippen molar-refractivity contribution >= 4 is 23.0 Å². The molecule has 0 atom stereocenters. The molecule has 0 spiro atoms. The molecule has 140 valence electrons. The van der Waals surface area contributed by atoms with E-state index >= 15 is 0 Å². The number of allylic oxidation sites excluding steroid dienone is 1. The third kappa shape index (κ3) is 4.42. The molecule has 6 N–H and O–H groups in total. The van der Waals surface area contributed by atoms with E-state index in [1.807, 2.05) is 12.1 Å². The first-order valence-corrected chi connectivity index (χ1v) is 8.65. The average molecular weight is 366 g/mol. The van der Waals surface area contributed by atoms with Crippen LogP contribution in [0.4, 0.5) is 11.4 Å². The van der Waals surface area contributed by atoms with Gasteiger partial charge >= 0.3 is 0 Å². The lowest BCUT2D eigenvalue weighted by Gasteiger charge is -2.29. The van der Waals surface area contributed by atoms with Crippen molar-refractivity contribution in [3.63, 3.8) is 0 Å². The third-order valence-electron chi connectivity index (χ3n) is 4.34. The van der Waals surface area contributed by atoms with Crippen LogP contribution >= 0.6 is 0 Å². The molecule has 1 aromatic heterocycles. The summed E-state index contributed by atoms with van der Waals surface area (Å²) in [5, 5.41) is 13.8. The Balaban J connectivity index is 1.74. The number of aromatic nitrogens is 1. The SMILES string of the molecule is N=C(/C=C\N)c1c[nH]c(=O)c(NC(=O)c2ccc(N3CCNCC3)cc2)c1. The predicted octanol–water partition coefficient (Wildman–Crippen LogP) is 0.877. The van der Waals surface area contributed by atoms with Gasteiger partial charge < -0.3 is 31.7 Å². The van der Waals surface area contributed by atoms with Crippen molar-refractivity contribution in [3.05, 3.63) is 70.3 Å². The van der Waals surface area contributed by atoms with Gasteiger partial charge in [-0.2, -0.15) is 0 Å². The van der Waals surface area contributed by atoms with E-state index in [1.165, 1.54) is 24.5 Å².